The Labute approximate surface area is 161 Å². The molecule has 3 unspecified atom stereocenters. The summed E-state index contributed by atoms with van der Waals surface area (Å²) in [4.78, 5) is 4.57. The molecule has 0 spiro atoms. The van der Waals surface area contributed by atoms with Crippen LogP contribution in [0.4, 0.5) is 4.39 Å². The van der Waals surface area contributed by atoms with Crippen LogP contribution in [0.15, 0.2) is 29.3 Å². The van der Waals surface area contributed by atoms with Crippen molar-refractivity contribution in [1.82, 2.24) is 20.4 Å². The zero-order valence-electron chi connectivity index (χ0n) is 16.9. The van der Waals surface area contributed by atoms with E-state index in [1.807, 2.05) is 30.8 Å². The van der Waals surface area contributed by atoms with E-state index in [0.29, 0.717) is 6.54 Å². The number of rotatable bonds is 6. The van der Waals surface area contributed by atoms with E-state index < -0.39 is 0 Å². The van der Waals surface area contributed by atoms with E-state index in [0.717, 1.165) is 30.1 Å². The van der Waals surface area contributed by atoms with Gasteiger partial charge < -0.3 is 10.6 Å². The first-order chi connectivity index (χ1) is 12.9. The van der Waals surface area contributed by atoms with Crippen LogP contribution in [0.1, 0.15) is 48.7 Å². The molecule has 0 radical (unpaired) electrons. The molecule has 1 aromatic carbocycles. The van der Waals surface area contributed by atoms with Crippen LogP contribution in [0.2, 0.25) is 0 Å². The van der Waals surface area contributed by atoms with Crippen molar-refractivity contribution in [3.63, 3.8) is 0 Å². The number of nitrogens with zero attached hydrogens (tertiary/aromatic N) is 3. The lowest BCUT2D eigenvalue weighted by Crippen LogP contribution is -2.44. The Morgan fingerprint density at radius 1 is 1.37 bits per heavy atom. The first-order valence-corrected chi connectivity index (χ1v) is 9.71. The molecule has 2 aromatic rings. The van der Waals surface area contributed by atoms with Crippen molar-refractivity contribution in [2.45, 2.75) is 58.5 Å². The number of aromatic nitrogens is 2. The molecule has 1 heterocycles. The van der Waals surface area contributed by atoms with E-state index in [9.17, 15) is 4.39 Å². The van der Waals surface area contributed by atoms with Crippen molar-refractivity contribution in [2.24, 2.45) is 12.0 Å². The fourth-order valence-electron chi connectivity index (χ4n) is 3.64. The van der Waals surface area contributed by atoms with Crippen molar-refractivity contribution in [2.75, 3.05) is 6.54 Å². The lowest BCUT2D eigenvalue weighted by atomic mass is 10.1. The van der Waals surface area contributed by atoms with Gasteiger partial charge in [-0.3, -0.25) is 9.67 Å². The van der Waals surface area contributed by atoms with Crippen molar-refractivity contribution in [3.05, 3.63) is 52.6 Å². The van der Waals surface area contributed by atoms with Crippen molar-refractivity contribution < 1.29 is 4.39 Å². The molecule has 0 saturated heterocycles. The minimum Gasteiger partial charge on any atom is -0.354 e. The highest BCUT2D eigenvalue weighted by Gasteiger charge is 2.40. The van der Waals surface area contributed by atoms with Gasteiger partial charge in [-0.1, -0.05) is 18.2 Å². The second-order valence-electron chi connectivity index (χ2n) is 7.46. The van der Waals surface area contributed by atoms with Crippen LogP contribution < -0.4 is 10.6 Å². The largest absolute Gasteiger partial charge is 0.354 e. The maximum absolute atomic E-state index is 14.0. The molecule has 6 heteroatoms. The van der Waals surface area contributed by atoms with Gasteiger partial charge in [0.2, 0.25) is 0 Å². The number of guanidine groups is 1. The third-order valence-corrected chi connectivity index (χ3v) is 5.29. The van der Waals surface area contributed by atoms with Gasteiger partial charge in [-0.15, -0.1) is 0 Å². The summed E-state index contributed by atoms with van der Waals surface area (Å²) in [6.07, 6.45) is 1.82. The summed E-state index contributed by atoms with van der Waals surface area (Å²) in [5.74, 6) is 0.894. The van der Waals surface area contributed by atoms with Crippen LogP contribution in [-0.4, -0.2) is 34.4 Å². The molecule has 3 rings (SSSR count). The Bertz CT molecular complexity index is 826. The number of aryl methyl sites for hydroxylation is 2. The minimum atomic E-state index is -0.121. The molecule has 1 saturated carbocycles. The molecule has 1 aromatic heterocycles. The molecule has 0 aliphatic heterocycles. The van der Waals surface area contributed by atoms with E-state index in [-0.39, 0.29) is 23.8 Å². The maximum Gasteiger partial charge on any atom is 0.191 e. The Kier molecular flexibility index (Phi) is 5.82. The number of hydrogen-bond donors (Lipinski definition) is 2. The van der Waals surface area contributed by atoms with Crippen LogP contribution in [-0.2, 0) is 13.5 Å². The normalized spacial score (nSPS) is 20.4. The highest BCUT2D eigenvalue weighted by Crippen LogP contribution is 2.41. The van der Waals surface area contributed by atoms with E-state index in [2.05, 4.69) is 41.5 Å². The predicted molar refractivity (Wildman–Crippen MR) is 108 cm³/mol. The molecule has 5 nitrogen and oxygen atoms in total. The lowest BCUT2D eigenvalue weighted by Gasteiger charge is -2.19. The molecule has 1 aliphatic carbocycles. The van der Waals surface area contributed by atoms with E-state index in [1.54, 1.807) is 6.07 Å². The van der Waals surface area contributed by atoms with E-state index in [1.165, 1.54) is 17.3 Å². The molecule has 3 atom stereocenters. The summed E-state index contributed by atoms with van der Waals surface area (Å²) in [6.45, 7) is 9.02. The summed E-state index contributed by atoms with van der Waals surface area (Å²) in [5.41, 5.74) is 4.35. The van der Waals surface area contributed by atoms with E-state index in [4.69, 9.17) is 0 Å². The minimum absolute atomic E-state index is 0.121. The quantitative estimate of drug-likeness (QED) is 0.606. The van der Waals surface area contributed by atoms with Gasteiger partial charge in [-0.05, 0) is 57.7 Å². The van der Waals surface area contributed by atoms with Crippen molar-refractivity contribution >= 4 is 5.96 Å². The van der Waals surface area contributed by atoms with Crippen LogP contribution in [0.5, 0.6) is 0 Å². The first-order valence-electron chi connectivity index (χ1n) is 9.71. The zero-order valence-corrected chi connectivity index (χ0v) is 16.9. The summed E-state index contributed by atoms with van der Waals surface area (Å²) < 4.78 is 15.9. The monoisotopic (exact) mass is 371 g/mol. The third kappa shape index (κ3) is 4.49. The Morgan fingerprint density at radius 3 is 2.74 bits per heavy atom. The molecule has 0 bridgehead atoms. The fraction of sp³-hybridized carbons (Fsp3) is 0.524. The molecule has 0 amide bonds. The van der Waals surface area contributed by atoms with Crippen molar-refractivity contribution in [1.29, 1.82) is 0 Å². The Morgan fingerprint density at radius 2 is 2.11 bits per heavy atom. The van der Waals surface area contributed by atoms with Gasteiger partial charge in [0.15, 0.2) is 5.96 Å². The standard InChI is InChI=1S/C21H30FN5/c1-6-23-21(24-13(2)11-17-14(3)26-27(5)15(17)4)25-20-12-18(20)16-9-7-8-10-19(16)22/h7-10,13,18,20H,6,11-12H2,1-5H3,(H2,23,24,25). The van der Waals surface area contributed by atoms with Crippen LogP contribution in [0.3, 0.4) is 0 Å². The third-order valence-electron chi connectivity index (χ3n) is 5.29. The maximum atomic E-state index is 14.0. The number of hydrogen-bond acceptors (Lipinski definition) is 2. The smallest absolute Gasteiger partial charge is 0.191 e. The molecule has 27 heavy (non-hydrogen) atoms. The number of aliphatic imine (C=N–C) groups is 1. The SMILES string of the molecule is CCN=C(NC(C)Cc1c(C)nn(C)c1C)NC1CC1c1ccccc1F. The van der Waals surface area contributed by atoms with Gasteiger partial charge in [0.05, 0.1) is 5.69 Å². The zero-order chi connectivity index (χ0) is 19.6. The first kappa shape index (κ1) is 19.4. The summed E-state index contributed by atoms with van der Waals surface area (Å²) in [7, 11) is 1.98. The molecule has 1 fully saturated rings. The van der Waals surface area contributed by atoms with Gasteiger partial charge >= 0.3 is 0 Å². The molecular weight excluding hydrogens is 341 g/mol. The lowest BCUT2D eigenvalue weighted by molar-refractivity contribution is 0.605. The topological polar surface area (TPSA) is 54.2 Å². The average Bonchev–Trinajstić information content (AvgIpc) is 3.33. The van der Waals surface area contributed by atoms with Gasteiger partial charge in [0.1, 0.15) is 5.82 Å². The number of benzene rings is 1. The Balaban J connectivity index is 1.60. The summed E-state index contributed by atoms with van der Waals surface area (Å²) in [6, 6.07) is 7.49. The van der Waals surface area contributed by atoms with Crippen LogP contribution in [0.25, 0.3) is 0 Å². The number of halogens is 1. The summed E-state index contributed by atoms with van der Waals surface area (Å²) in [5, 5.41) is 11.5. The molecule has 1 aliphatic rings. The molecule has 146 valence electrons. The van der Waals surface area contributed by atoms with Crippen LogP contribution >= 0.6 is 0 Å². The Hall–Kier alpha value is -2.37. The van der Waals surface area contributed by atoms with Gasteiger partial charge in [0, 0.05) is 37.3 Å². The summed E-state index contributed by atoms with van der Waals surface area (Å²) >= 11 is 0. The van der Waals surface area contributed by atoms with Crippen LogP contribution in [0, 0.1) is 19.7 Å². The van der Waals surface area contributed by atoms with Gasteiger partial charge in [0.25, 0.3) is 0 Å². The molecule has 2 N–H and O–H groups in total. The van der Waals surface area contributed by atoms with E-state index >= 15 is 0 Å². The second kappa shape index (κ2) is 8.11. The highest BCUT2D eigenvalue weighted by molar-refractivity contribution is 5.81. The highest BCUT2D eigenvalue weighted by atomic mass is 19.1. The molecular formula is C21H30FN5. The number of nitrogens with one attached hydrogen (secondary N) is 2. The van der Waals surface area contributed by atoms with Gasteiger partial charge in [-0.25, -0.2) is 4.39 Å². The fourth-order valence-corrected chi connectivity index (χ4v) is 3.64. The predicted octanol–water partition coefficient (Wildman–Crippen LogP) is 3.22. The van der Waals surface area contributed by atoms with Gasteiger partial charge in [-0.2, -0.15) is 5.10 Å². The second-order valence-corrected chi connectivity index (χ2v) is 7.46. The average molecular weight is 372 g/mol. The van der Waals surface area contributed by atoms with Crippen molar-refractivity contribution in [3.8, 4) is 0 Å².